The number of thioether (sulfide) groups is 1. The van der Waals surface area contributed by atoms with Gasteiger partial charge in [0.15, 0.2) is 5.78 Å². The van der Waals surface area contributed by atoms with Crippen LogP contribution in [0.3, 0.4) is 0 Å². The lowest BCUT2D eigenvalue weighted by Gasteiger charge is -2.21. The second-order valence-electron chi connectivity index (χ2n) is 5.33. The Hall–Kier alpha value is -1.51. The van der Waals surface area contributed by atoms with Crippen LogP contribution in [-0.2, 0) is 4.79 Å². The molecular formula is C16H17ClN2O2S. The zero-order chi connectivity index (χ0) is 16.0. The summed E-state index contributed by atoms with van der Waals surface area (Å²) in [6, 6.07) is 8.93. The zero-order valence-corrected chi connectivity index (χ0v) is 13.7. The largest absolute Gasteiger partial charge is 0.337 e. The number of Topliss-reactive ketones (excluding diaryl/α,β-unsaturated/α-hetero) is 1. The first-order chi connectivity index (χ1) is 10.5. The third kappa shape index (κ3) is 4.49. The average molecular weight is 337 g/mol. The van der Waals surface area contributed by atoms with Crippen molar-refractivity contribution in [1.29, 1.82) is 5.26 Å². The molecule has 1 heterocycles. The Morgan fingerprint density at radius 2 is 2.05 bits per heavy atom. The van der Waals surface area contributed by atoms with E-state index in [-0.39, 0.29) is 18.1 Å². The Labute approximate surface area is 139 Å². The molecule has 6 heteroatoms. The molecule has 0 aliphatic carbocycles. The quantitative estimate of drug-likeness (QED) is 0.810. The molecule has 2 rings (SSSR count). The van der Waals surface area contributed by atoms with Crippen LogP contribution < -0.4 is 5.32 Å². The first-order valence-corrected chi connectivity index (χ1v) is 8.67. The molecule has 0 bridgehead atoms. The lowest BCUT2D eigenvalue weighted by atomic mass is 10.0. The molecule has 0 spiro atoms. The van der Waals surface area contributed by atoms with E-state index < -0.39 is 5.54 Å². The second-order valence-corrected chi connectivity index (χ2v) is 6.87. The molecule has 116 valence electrons. The molecule has 0 radical (unpaired) electrons. The minimum absolute atomic E-state index is 0.00381. The highest BCUT2D eigenvalue weighted by molar-refractivity contribution is 7.99. The Bertz CT molecular complexity index is 589. The molecule has 0 saturated carbocycles. The number of rotatable bonds is 6. The maximum atomic E-state index is 12.0. The lowest BCUT2D eigenvalue weighted by molar-refractivity contribution is -0.122. The van der Waals surface area contributed by atoms with Gasteiger partial charge >= 0.3 is 0 Å². The van der Waals surface area contributed by atoms with Crippen LogP contribution in [0.5, 0.6) is 0 Å². The minimum atomic E-state index is -0.720. The predicted octanol–water partition coefficient (Wildman–Crippen LogP) is 3.21. The highest BCUT2D eigenvalue weighted by Crippen LogP contribution is 2.27. The van der Waals surface area contributed by atoms with E-state index in [2.05, 4.69) is 11.4 Å². The van der Waals surface area contributed by atoms with Gasteiger partial charge in [-0.25, -0.2) is 0 Å². The number of carbonyl (C=O) groups excluding carboxylic acids is 2. The van der Waals surface area contributed by atoms with Gasteiger partial charge in [0, 0.05) is 29.2 Å². The molecule has 1 aliphatic rings. The number of nitrogens with one attached hydrogen (secondary N) is 1. The number of nitriles is 1. The molecule has 1 amide bonds. The number of hydrogen-bond donors (Lipinski definition) is 1. The van der Waals surface area contributed by atoms with Gasteiger partial charge in [-0.05, 0) is 42.9 Å². The predicted molar refractivity (Wildman–Crippen MR) is 88.1 cm³/mol. The topological polar surface area (TPSA) is 70.0 Å². The van der Waals surface area contributed by atoms with Crippen LogP contribution >= 0.6 is 23.4 Å². The normalized spacial score (nSPS) is 20.4. The van der Waals surface area contributed by atoms with E-state index in [0.29, 0.717) is 35.6 Å². The van der Waals surface area contributed by atoms with E-state index in [1.165, 1.54) is 0 Å². The standard InChI is InChI=1S/C16H17ClN2O2S/c17-13-6-4-12(5-7-13)14(20)2-1-3-15(21)19-16(10-18)8-9-22-11-16/h4-7H,1-3,8-9,11H2,(H,19,21)/t16-/m0/s1. The maximum Gasteiger partial charge on any atom is 0.221 e. The van der Waals surface area contributed by atoms with Crippen molar-refractivity contribution in [3.05, 3.63) is 34.9 Å². The number of ketones is 1. The summed E-state index contributed by atoms with van der Waals surface area (Å²) in [6.45, 7) is 0. The number of hydrogen-bond acceptors (Lipinski definition) is 4. The van der Waals surface area contributed by atoms with Gasteiger partial charge in [-0.3, -0.25) is 9.59 Å². The summed E-state index contributed by atoms with van der Waals surface area (Å²) in [5.74, 6) is 1.37. The van der Waals surface area contributed by atoms with Crippen molar-refractivity contribution in [1.82, 2.24) is 5.32 Å². The summed E-state index contributed by atoms with van der Waals surface area (Å²) in [5, 5.41) is 12.6. The Morgan fingerprint density at radius 1 is 1.32 bits per heavy atom. The van der Waals surface area contributed by atoms with Crippen molar-refractivity contribution in [3.8, 4) is 6.07 Å². The van der Waals surface area contributed by atoms with E-state index in [4.69, 9.17) is 11.6 Å². The van der Waals surface area contributed by atoms with Gasteiger partial charge in [-0.15, -0.1) is 0 Å². The second kappa shape index (κ2) is 7.66. The molecule has 1 atom stereocenters. The van der Waals surface area contributed by atoms with Gasteiger partial charge in [0.05, 0.1) is 6.07 Å². The van der Waals surface area contributed by atoms with Crippen molar-refractivity contribution in [2.75, 3.05) is 11.5 Å². The van der Waals surface area contributed by atoms with Crippen LogP contribution in [0.25, 0.3) is 0 Å². The summed E-state index contributed by atoms with van der Waals surface area (Å²) in [7, 11) is 0. The number of amides is 1. The minimum Gasteiger partial charge on any atom is -0.337 e. The van der Waals surface area contributed by atoms with Crippen molar-refractivity contribution in [2.24, 2.45) is 0 Å². The number of halogens is 1. The molecule has 0 unspecified atom stereocenters. The van der Waals surface area contributed by atoms with Gasteiger partial charge in [-0.1, -0.05) is 11.6 Å². The van der Waals surface area contributed by atoms with Crippen LogP contribution in [0, 0.1) is 11.3 Å². The van der Waals surface area contributed by atoms with Crippen LogP contribution in [0.2, 0.25) is 5.02 Å². The Kier molecular flexibility index (Phi) is 5.87. The number of nitrogens with zero attached hydrogens (tertiary/aromatic N) is 1. The highest BCUT2D eigenvalue weighted by atomic mass is 35.5. The average Bonchev–Trinajstić information content (AvgIpc) is 2.97. The van der Waals surface area contributed by atoms with Crippen LogP contribution in [0.15, 0.2) is 24.3 Å². The fourth-order valence-electron chi connectivity index (χ4n) is 2.30. The van der Waals surface area contributed by atoms with Crippen LogP contribution in [-0.4, -0.2) is 28.7 Å². The van der Waals surface area contributed by atoms with Crippen molar-refractivity contribution < 1.29 is 9.59 Å². The molecule has 1 fully saturated rings. The maximum absolute atomic E-state index is 12.0. The smallest absolute Gasteiger partial charge is 0.221 e. The first kappa shape index (κ1) is 16.9. The molecule has 4 nitrogen and oxygen atoms in total. The zero-order valence-electron chi connectivity index (χ0n) is 12.1. The number of benzene rings is 1. The summed E-state index contributed by atoms with van der Waals surface area (Å²) >= 11 is 7.45. The van der Waals surface area contributed by atoms with Crippen molar-refractivity contribution in [3.63, 3.8) is 0 Å². The molecule has 1 aliphatic heterocycles. The van der Waals surface area contributed by atoms with E-state index in [1.54, 1.807) is 36.0 Å². The highest BCUT2D eigenvalue weighted by Gasteiger charge is 2.35. The molecule has 0 aromatic heterocycles. The molecule has 22 heavy (non-hydrogen) atoms. The van der Waals surface area contributed by atoms with Gasteiger partial charge in [-0.2, -0.15) is 17.0 Å². The van der Waals surface area contributed by atoms with Crippen LogP contribution in [0.1, 0.15) is 36.0 Å². The summed E-state index contributed by atoms with van der Waals surface area (Å²) < 4.78 is 0. The van der Waals surface area contributed by atoms with E-state index in [1.807, 2.05) is 0 Å². The summed E-state index contributed by atoms with van der Waals surface area (Å²) in [6.07, 6.45) is 1.72. The van der Waals surface area contributed by atoms with Crippen molar-refractivity contribution in [2.45, 2.75) is 31.2 Å². The fourth-order valence-corrected chi connectivity index (χ4v) is 3.69. The van der Waals surface area contributed by atoms with E-state index in [0.717, 1.165) is 5.75 Å². The first-order valence-electron chi connectivity index (χ1n) is 7.13. The Morgan fingerprint density at radius 3 is 2.64 bits per heavy atom. The lowest BCUT2D eigenvalue weighted by Crippen LogP contribution is -2.47. The van der Waals surface area contributed by atoms with E-state index in [9.17, 15) is 14.9 Å². The van der Waals surface area contributed by atoms with Crippen LogP contribution in [0.4, 0.5) is 0 Å². The monoisotopic (exact) mass is 336 g/mol. The summed E-state index contributed by atoms with van der Waals surface area (Å²) in [4.78, 5) is 23.9. The molecule has 1 N–H and O–H groups in total. The Balaban J connectivity index is 1.76. The SMILES string of the molecule is N#C[C@@]1(NC(=O)CCCC(=O)c2ccc(Cl)cc2)CCSC1. The molecular weight excluding hydrogens is 320 g/mol. The van der Waals surface area contributed by atoms with Gasteiger partial charge in [0.1, 0.15) is 5.54 Å². The fraction of sp³-hybridized carbons (Fsp3) is 0.438. The van der Waals surface area contributed by atoms with E-state index >= 15 is 0 Å². The van der Waals surface area contributed by atoms with Gasteiger partial charge in [0.2, 0.25) is 5.91 Å². The molecule has 1 aromatic rings. The van der Waals surface area contributed by atoms with Crippen molar-refractivity contribution >= 4 is 35.1 Å². The summed E-state index contributed by atoms with van der Waals surface area (Å²) in [5.41, 5.74) is -0.118. The van der Waals surface area contributed by atoms with Gasteiger partial charge < -0.3 is 5.32 Å². The molecule has 1 saturated heterocycles. The number of carbonyl (C=O) groups is 2. The third-order valence-electron chi connectivity index (χ3n) is 3.59. The third-order valence-corrected chi connectivity index (χ3v) is 5.03. The molecule has 1 aromatic carbocycles. The van der Waals surface area contributed by atoms with Gasteiger partial charge in [0.25, 0.3) is 0 Å².